The standard InChI is InChI=1S/C27H22N2O4/c1-14-12-20(21(29(32)33)13-15(14)2)28-25(30)23-22-16-8-4-6-10-18(16)27(3,24(23)26(28)31)19-11-7-5-9-17(19)22/h4-13,22-24H,1-3H3/t22?,23-,24+,27?/m0/s1. The summed E-state index contributed by atoms with van der Waals surface area (Å²) < 4.78 is 0. The van der Waals surface area contributed by atoms with Gasteiger partial charge in [0.15, 0.2) is 0 Å². The summed E-state index contributed by atoms with van der Waals surface area (Å²) in [4.78, 5) is 40.5. The van der Waals surface area contributed by atoms with Gasteiger partial charge in [-0.3, -0.25) is 19.7 Å². The number of benzene rings is 3. The van der Waals surface area contributed by atoms with E-state index in [2.05, 4.69) is 0 Å². The summed E-state index contributed by atoms with van der Waals surface area (Å²) in [5.41, 5.74) is 4.97. The molecule has 7 rings (SSSR count). The summed E-state index contributed by atoms with van der Waals surface area (Å²) >= 11 is 0. The van der Waals surface area contributed by atoms with Gasteiger partial charge in [-0.2, -0.15) is 0 Å². The fourth-order valence-corrected chi connectivity index (χ4v) is 6.50. The number of nitro groups is 1. The average molecular weight is 438 g/mol. The second-order valence-electron chi connectivity index (χ2n) is 9.55. The van der Waals surface area contributed by atoms with E-state index in [4.69, 9.17) is 0 Å². The molecule has 0 radical (unpaired) electrons. The number of aryl methyl sites for hydroxylation is 2. The Bertz CT molecular complexity index is 1360. The van der Waals surface area contributed by atoms with Crippen LogP contribution in [-0.2, 0) is 15.0 Å². The van der Waals surface area contributed by atoms with Gasteiger partial charge < -0.3 is 0 Å². The molecule has 3 aromatic carbocycles. The van der Waals surface area contributed by atoms with Gasteiger partial charge in [-0.05, 0) is 53.3 Å². The first-order valence-corrected chi connectivity index (χ1v) is 11.1. The third-order valence-corrected chi connectivity index (χ3v) is 8.07. The Balaban J connectivity index is 1.61. The molecule has 3 aliphatic carbocycles. The van der Waals surface area contributed by atoms with Crippen LogP contribution < -0.4 is 4.90 Å². The molecule has 1 heterocycles. The lowest BCUT2D eigenvalue weighted by Gasteiger charge is -2.52. The van der Waals surface area contributed by atoms with Crippen molar-refractivity contribution < 1.29 is 14.5 Å². The van der Waals surface area contributed by atoms with Gasteiger partial charge in [-0.15, -0.1) is 0 Å². The molecular formula is C27H22N2O4. The van der Waals surface area contributed by atoms with Crippen molar-refractivity contribution in [1.29, 1.82) is 0 Å². The topological polar surface area (TPSA) is 80.5 Å². The van der Waals surface area contributed by atoms with Crippen LogP contribution in [0, 0.1) is 35.8 Å². The summed E-state index contributed by atoms with van der Waals surface area (Å²) in [6.45, 7) is 5.66. The van der Waals surface area contributed by atoms with Gasteiger partial charge in [0.25, 0.3) is 5.69 Å². The smallest absolute Gasteiger partial charge is 0.274 e. The Morgan fingerprint density at radius 2 is 1.42 bits per heavy atom. The molecule has 0 N–H and O–H groups in total. The first kappa shape index (κ1) is 19.9. The molecule has 4 aliphatic rings. The first-order chi connectivity index (χ1) is 15.8. The predicted octanol–water partition coefficient (Wildman–Crippen LogP) is 4.78. The molecule has 33 heavy (non-hydrogen) atoms. The lowest BCUT2D eigenvalue weighted by atomic mass is 9.48. The van der Waals surface area contributed by atoms with E-state index < -0.39 is 22.2 Å². The van der Waals surface area contributed by atoms with E-state index in [1.165, 1.54) is 6.07 Å². The summed E-state index contributed by atoms with van der Waals surface area (Å²) in [5, 5.41) is 11.9. The average Bonchev–Trinajstić information content (AvgIpc) is 3.07. The molecule has 6 heteroatoms. The third-order valence-electron chi connectivity index (χ3n) is 8.07. The Morgan fingerprint density at radius 1 is 0.879 bits per heavy atom. The van der Waals surface area contributed by atoms with Crippen LogP contribution in [0.4, 0.5) is 11.4 Å². The molecule has 0 saturated carbocycles. The fourth-order valence-electron chi connectivity index (χ4n) is 6.50. The van der Waals surface area contributed by atoms with Crippen LogP contribution in [0.3, 0.4) is 0 Å². The lowest BCUT2D eigenvalue weighted by molar-refractivity contribution is -0.384. The number of hydrogen-bond donors (Lipinski definition) is 0. The van der Waals surface area contributed by atoms with Crippen LogP contribution in [0.5, 0.6) is 0 Å². The number of nitro benzene ring substituents is 1. The second-order valence-corrected chi connectivity index (χ2v) is 9.55. The summed E-state index contributed by atoms with van der Waals surface area (Å²) in [6.07, 6.45) is 0. The highest BCUT2D eigenvalue weighted by Crippen LogP contribution is 2.64. The van der Waals surface area contributed by atoms with E-state index in [1.54, 1.807) is 13.0 Å². The Morgan fingerprint density at radius 3 is 2.00 bits per heavy atom. The molecule has 6 nitrogen and oxygen atoms in total. The van der Waals surface area contributed by atoms with Crippen molar-refractivity contribution in [2.24, 2.45) is 11.8 Å². The van der Waals surface area contributed by atoms with E-state index in [1.807, 2.05) is 62.4 Å². The molecule has 2 bridgehead atoms. The molecule has 2 amide bonds. The SMILES string of the molecule is Cc1cc(N2C(=O)[C@H]3C4c5ccccc5C(C)(c5ccccc54)[C@H]3C2=O)c([N+](=O)[O-])cc1C. The molecule has 3 aromatic rings. The van der Waals surface area contributed by atoms with Gasteiger partial charge in [0.2, 0.25) is 11.8 Å². The molecule has 0 spiro atoms. The van der Waals surface area contributed by atoms with Gasteiger partial charge in [-0.1, -0.05) is 55.5 Å². The van der Waals surface area contributed by atoms with Crippen LogP contribution in [0.2, 0.25) is 0 Å². The number of amides is 2. The van der Waals surface area contributed by atoms with Crippen LogP contribution in [0.15, 0.2) is 60.7 Å². The number of hydrogen-bond acceptors (Lipinski definition) is 4. The molecule has 0 aromatic heterocycles. The Labute approximate surface area is 191 Å². The minimum atomic E-state index is -0.692. The van der Waals surface area contributed by atoms with Crippen molar-refractivity contribution in [3.63, 3.8) is 0 Å². The zero-order valence-corrected chi connectivity index (χ0v) is 18.5. The van der Waals surface area contributed by atoms with Crippen molar-refractivity contribution in [3.05, 3.63) is 104 Å². The molecule has 1 fully saturated rings. The van der Waals surface area contributed by atoms with Crippen LogP contribution in [0.1, 0.15) is 46.2 Å². The predicted molar refractivity (Wildman–Crippen MR) is 123 cm³/mol. The second kappa shape index (κ2) is 6.38. The van der Waals surface area contributed by atoms with Gasteiger partial charge >= 0.3 is 0 Å². The number of carbonyl (C=O) groups excluding carboxylic acids is 2. The minimum absolute atomic E-state index is 0.0728. The van der Waals surface area contributed by atoms with Crippen LogP contribution >= 0.6 is 0 Å². The van der Waals surface area contributed by atoms with Crippen LogP contribution in [-0.4, -0.2) is 16.7 Å². The highest BCUT2D eigenvalue weighted by molar-refractivity contribution is 6.24. The van der Waals surface area contributed by atoms with Crippen molar-refractivity contribution in [1.82, 2.24) is 0 Å². The highest BCUT2D eigenvalue weighted by Gasteiger charge is 2.66. The van der Waals surface area contributed by atoms with Gasteiger partial charge in [0.1, 0.15) is 5.69 Å². The maximum absolute atomic E-state index is 14.0. The largest absolute Gasteiger partial charge is 0.293 e. The monoisotopic (exact) mass is 438 g/mol. The summed E-state index contributed by atoms with van der Waals surface area (Å²) in [6, 6.07) is 19.1. The number of carbonyl (C=O) groups is 2. The van der Waals surface area contributed by atoms with Crippen LogP contribution in [0.25, 0.3) is 0 Å². The van der Waals surface area contributed by atoms with Gasteiger partial charge in [0, 0.05) is 17.4 Å². The number of anilines is 1. The third kappa shape index (κ3) is 2.28. The zero-order chi connectivity index (χ0) is 23.2. The lowest BCUT2D eigenvalue weighted by Crippen LogP contribution is -2.51. The van der Waals surface area contributed by atoms with Crippen molar-refractivity contribution >= 4 is 23.2 Å². The maximum Gasteiger partial charge on any atom is 0.293 e. The molecular weight excluding hydrogens is 416 g/mol. The number of imide groups is 1. The van der Waals surface area contributed by atoms with E-state index in [0.717, 1.165) is 38.3 Å². The number of nitrogens with zero attached hydrogens (tertiary/aromatic N) is 2. The minimum Gasteiger partial charge on any atom is -0.274 e. The Kier molecular flexibility index (Phi) is 3.84. The molecule has 164 valence electrons. The van der Waals surface area contributed by atoms with E-state index in [-0.39, 0.29) is 29.1 Å². The van der Waals surface area contributed by atoms with Crippen molar-refractivity contribution in [2.45, 2.75) is 32.1 Å². The summed E-state index contributed by atoms with van der Waals surface area (Å²) in [5.74, 6) is -2.16. The zero-order valence-electron chi connectivity index (χ0n) is 18.5. The van der Waals surface area contributed by atoms with E-state index in [9.17, 15) is 19.7 Å². The van der Waals surface area contributed by atoms with E-state index >= 15 is 0 Å². The van der Waals surface area contributed by atoms with Gasteiger partial charge in [-0.25, -0.2) is 4.90 Å². The first-order valence-electron chi connectivity index (χ1n) is 11.1. The summed E-state index contributed by atoms with van der Waals surface area (Å²) in [7, 11) is 0. The quantitative estimate of drug-likeness (QED) is 0.328. The van der Waals surface area contributed by atoms with Crippen molar-refractivity contribution in [2.75, 3.05) is 4.90 Å². The molecule has 0 unspecified atom stereocenters. The maximum atomic E-state index is 14.0. The molecule has 2 atom stereocenters. The Hall–Kier alpha value is -3.80. The highest BCUT2D eigenvalue weighted by atomic mass is 16.6. The van der Waals surface area contributed by atoms with Crippen molar-refractivity contribution in [3.8, 4) is 0 Å². The number of rotatable bonds is 2. The normalized spacial score (nSPS) is 26.8. The van der Waals surface area contributed by atoms with E-state index in [0.29, 0.717) is 0 Å². The fraction of sp³-hybridized carbons (Fsp3) is 0.259. The molecule has 1 saturated heterocycles. The van der Waals surface area contributed by atoms with Gasteiger partial charge in [0.05, 0.1) is 16.8 Å². The molecule has 1 aliphatic heterocycles.